The number of hydrogen-bond donors (Lipinski definition) is 0. The van der Waals surface area contributed by atoms with Crippen LogP contribution >= 0.6 is 0 Å². The number of amides is 1. The molecular weight excluding hydrogens is 392 g/mol. The van der Waals surface area contributed by atoms with E-state index >= 15 is 0 Å². The summed E-state index contributed by atoms with van der Waals surface area (Å²) in [5.74, 6) is -0.229. The maximum atomic E-state index is 13.7. The molecule has 0 N–H and O–H groups in total. The van der Waals surface area contributed by atoms with E-state index in [0.717, 1.165) is 34.3 Å². The minimum Gasteiger partial charge on any atom is -0.466 e. The van der Waals surface area contributed by atoms with E-state index in [9.17, 15) is 9.59 Å². The van der Waals surface area contributed by atoms with Gasteiger partial charge in [-0.15, -0.1) is 0 Å². The number of rotatable bonds is 7. The van der Waals surface area contributed by atoms with Gasteiger partial charge in [0.25, 0.3) is 5.91 Å². The molecule has 1 fully saturated rings. The first-order valence-corrected chi connectivity index (χ1v) is 10.7. The number of para-hydroxylation sites is 1. The molecule has 0 bridgehead atoms. The van der Waals surface area contributed by atoms with Gasteiger partial charge in [0, 0.05) is 43.0 Å². The van der Waals surface area contributed by atoms with Crippen LogP contribution in [0.5, 0.6) is 0 Å². The lowest BCUT2D eigenvalue weighted by Gasteiger charge is -2.24. The molecule has 2 heterocycles. The Labute approximate surface area is 182 Å². The van der Waals surface area contributed by atoms with Gasteiger partial charge >= 0.3 is 5.97 Å². The Morgan fingerprint density at radius 1 is 1.23 bits per heavy atom. The average Bonchev–Trinajstić information content (AvgIpc) is 3.49. The van der Waals surface area contributed by atoms with Crippen LogP contribution < -0.4 is 0 Å². The van der Waals surface area contributed by atoms with Gasteiger partial charge in [-0.05, 0) is 45.2 Å². The largest absolute Gasteiger partial charge is 0.466 e. The van der Waals surface area contributed by atoms with E-state index in [2.05, 4.69) is 10.1 Å². The van der Waals surface area contributed by atoms with Crippen molar-refractivity contribution in [1.82, 2.24) is 19.7 Å². The zero-order valence-corrected chi connectivity index (χ0v) is 18.5. The second-order valence-electron chi connectivity index (χ2n) is 8.19. The molecule has 0 aliphatic heterocycles. The number of hydrogen-bond acceptors (Lipinski definition) is 5. The van der Waals surface area contributed by atoms with Crippen molar-refractivity contribution in [3.63, 3.8) is 0 Å². The van der Waals surface area contributed by atoms with Crippen LogP contribution in [-0.4, -0.2) is 44.7 Å². The van der Waals surface area contributed by atoms with E-state index < -0.39 is 0 Å². The van der Waals surface area contributed by atoms with E-state index in [-0.39, 0.29) is 23.7 Å². The predicted octanol–water partition coefficient (Wildman–Crippen LogP) is 3.43. The van der Waals surface area contributed by atoms with Crippen molar-refractivity contribution in [2.75, 3.05) is 13.2 Å². The fraction of sp³-hybridized carbons (Fsp3) is 0.417. The Bertz CT molecular complexity index is 1130. The van der Waals surface area contributed by atoms with Gasteiger partial charge in [-0.3, -0.25) is 19.3 Å². The number of ether oxygens (including phenoxy) is 1. The molecule has 7 heteroatoms. The lowest BCUT2D eigenvalue weighted by Crippen LogP contribution is -2.33. The van der Waals surface area contributed by atoms with Gasteiger partial charge in [-0.1, -0.05) is 18.2 Å². The van der Waals surface area contributed by atoms with E-state index in [1.165, 1.54) is 0 Å². The summed E-state index contributed by atoms with van der Waals surface area (Å²) in [4.78, 5) is 32.1. The molecule has 1 amide bonds. The molecule has 0 saturated heterocycles. The number of carbonyl (C=O) groups is 2. The average molecular weight is 421 g/mol. The second kappa shape index (κ2) is 8.49. The fourth-order valence-electron chi connectivity index (χ4n) is 4.18. The maximum absolute atomic E-state index is 13.7. The molecule has 2 aromatic heterocycles. The third-order valence-electron chi connectivity index (χ3n) is 6.14. The van der Waals surface area contributed by atoms with Crippen molar-refractivity contribution in [3.05, 3.63) is 59.0 Å². The van der Waals surface area contributed by atoms with Gasteiger partial charge in [0.2, 0.25) is 0 Å². The van der Waals surface area contributed by atoms with E-state index in [1.54, 1.807) is 12.3 Å². The van der Waals surface area contributed by atoms with Gasteiger partial charge in [0.05, 0.1) is 29.3 Å². The van der Waals surface area contributed by atoms with E-state index in [0.29, 0.717) is 25.3 Å². The van der Waals surface area contributed by atoms with Crippen molar-refractivity contribution in [2.24, 2.45) is 18.9 Å². The molecule has 0 radical (unpaired) electrons. The molecule has 7 nitrogen and oxygen atoms in total. The van der Waals surface area contributed by atoms with Crippen LogP contribution in [0.3, 0.4) is 0 Å². The zero-order chi connectivity index (χ0) is 22.1. The quantitative estimate of drug-likeness (QED) is 0.547. The summed E-state index contributed by atoms with van der Waals surface area (Å²) >= 11 is 0. The molecule has 2 atom stereocenters. The number of nitrogens with zero attached hydrogens (tertiary/aromatic N) is 4. The van der Waals surface area contributed by atoms with E-state index in [4.69, 9.17) is 4.74 Å². The smallest absolute Gasteiger partial charge is 0.309 e. The van der Waals surface area contributed by atoms with Gasteiger partial charge < -0.3 is 9.64 Å². The number of pyridine rings is 1. The summed E-state index contributed by atoms with van der Waals surface area (Å²) in [6.07, 6.45) is 2.43. The van der Waals surface area contributed by atoms with Gasteiger partial charge in [0.15, 0.2) is 0 Å². The first-order chi connectivity index (χ1) is 14.9. The van der Waals surface area contributed by atoms with Gasteiger partial charge in [-0.25, -0.2) is 0 Å². The number of carbonyl (C=O) groups excluding carboxylic acids is 2. The summed E-state index contributed by atoms with van der Waals surface area (Å²) in [6.45, 7) is 7.12. The van der Waals surface area contributed by atoms with Crippen LogP contribution in [0.4, 0.5) is 0 Å². The minimum absolute atomic E-state index is 0.0595. The third-order valence-corrected chi connectivity index (χ3v) is 6.14. The monoisotopic (exact) mass is 420 g/mol. The molecule has 1 saturated carbocycles. The summed E-state index contributed by atoms with van der Waals surface area (Å²) in [5, 5.41) is 5.33. The molecule has 31 heavy (non-hydrogen) atoms. The molecule has 162 valence electrons. The first kappa shape index (κ1) is 21.0. The lowest BCUT2D eigenvalue weighted by atomic mass is 10.1. The highest BCUT2D eigenvalue weighted by Gasteiger charge is 2.45. The standard InChI is InChI=1S/C24H28N4O3/c1-5-31-24(30)20-12-17(20)13-28(14-21-15(2)26-27(4)16(21)3)23(29)19-10-11-25-22-9-7-6-8-18(19)22/h6-11,17,20H,5,12-14H2,1-4H3/t17-,20-/m1/s1. The lowest BCUT2D eigenvalue weighted by molar-refractivity contribution is -0.145. The molecule has 0 spiro atoms. The molecule has 0 unspecified atom stereocenters. The Morgan fingerprint density at radius 2 is 2.00 bits per heavy atom. The number of benzene rings is 1. The highest BCUT2D eigenvalue weighted by Crippen LogP contribution is 2.40. The molecule has 1 aliphatic carbocycles. The number of fused-ring (bicyclic) bond motifs is 1. The summed E-state index contributed by atoms with van der Waals surface area (Å²) < 4.78 is 7.02. The van der Waals surface area contributed by atoms with Crippen molar-refractivity contribution in [3.8, 4) is 0 Å². The zero-order valence-electron chi connectivity index (χ0n) is 18.5. The normalized spacial score (nSPS) is 17.5. The third kappa shape index (κ3) is 4.17. The highest BCUT2D eigenvalue weighted by atomic mass is 16.5. The Kier molecular flexibility index (Phi) is 5.76. The fourth-order valence-corrected chi connectivity index (χ4v) is 4.18. The summed E-state index contributed by atoms with van der Waals surface area (Å²) in [6, 6.07) is 9.43. The van der Waals surface area contributed by atoms with Crippen molar-refractivity contribution in [1.29, 1.82) is 0 Å². The molecular formula is C24H28N4O3. The molecule has 1 aromatic carbocycles. The van der Waals surface area contributed by atoms with Crippen LogP contribution in [-0.2, 0) is 23.1 Å². The van der Waals surface area contributed by atoms with Crippen molar-refractivity contribution < 1.29 is 14.3 Å². The van der Waals surface area contributed by atoms with Gasteiger partial charge in [-0.2, -0.15) is 5.10 Å². The molecule has 4 rings (SSSR count). The summed E-state index contributed by atoms with van der Waals surface area (Å²) in [7, 11) is 1.91. The van der Waals surface area contributed by atoms with Crippen LogP contribution in [0.25, 0.3) is 10.9 Å². The van der Waals surface area contributed by atoms with Crippen LogP contribution in [0.2, 0.25) is 0 Å². The number of aromatic nitrogens is 3. The van der Waals surface area contributed by atoms with Crippen molar-refractivity contribution in [2.45, 2.75) is 33.7 Å². The predicted molar refractivity (Wildman–Crippen MR) is 117 cm³/mol. The Morgan fingerprint density at radius 3 is 2.71 bits per heavy atom. The highest BCUT2D eigenvalue weighted by molar-refractivity contribution is 6.06. The van der Waals surface area contributed by atoms with E-state index in [1.807, 2.05) is 61.7 Å². The van der Waals surface area contributed by atoms with Crippen molar-refractivity contribution >= 4 is 22.8 Å². The minimum atomic E-state index is -0.164. The first-order valence-electron chi connectivity index (χ1n) is 10.7. The number of esters is 1. The number of aryl methyl sites for hydroxylation is 2. The molecule has 3 aromatic rings. The SMILES string of the molecule is CCOC(=O)[C@@H]1C[C@@H]1CN(Cc1c(C)nn(C)c1C)C(=O)c1ccnc2ccccc12. The molecule has 1 aliphatic rings. The Hall–Kier alpha value is -3.22. The summed E-state index contributed by atoms with van der Waals surface area (Å²) in [5.41, 5.74) is 4.40. The topological polar surface area (TPSA) is 77.3 Å². The Balaban J connectivity index is 1.65. The van der Waals surface area contributed by atoms with Crippen LogP contribution in [0, 0.1) is 25.7 Å². The van der Waals surface area contributed by atoms with Crippen LogP contribution in [0.15, 0.2) is 36.5 Å². The van der Waals surface area contributed by atoms with Crippen LogP contribution in [0.1, 0.15) is 40.7 Å². The van der Waals surface area contributed by atoms with Gasteiger partial charge in [0.1, 0.15) is 0 Å². The maximum Gasteiger partial charge on any atom is 0.309 e. The second-order valence-corrected chi connectivity index (χ2v) is 8.19.